The van der Waals surface area contributed by atoms with Crippen LogP contribution in [0.5, 0.6) is 0 Å². The molecule has 3 heteroatoms. The summed E-state index contributed by atoms with van der Waals surface area (Å²) in [5.74, 6) is -1.34. The highest BCUT2D eigenvalue weighted by atomic mass is 16.5. The van der Waals surface area contributed by atoms with Gasteiger partial charge in [-0.3, -0.25) is 0 Å². The number of carboxylic acid groups (broad SMARTS) is 1. The second-order valence-electron chi connectivity index (χ2n) is 3.97. The van der Waals surface area contributed by atoms with Gasteiger partial charge in [-0.15, -0.1) is 0 Å². The van der Waals surface area contributed by atoms with E-state index in [0.29, 0.717) is 10.9 Å². The minimum absolute atomic E-state index is 0.319. The first-order valence-electron chi connectivity index (χ1n) is 6.66. The topological polar surface area (TPSA) is 46.5 Å². The summed E-state index contributed by atoms with van der Waals surface area (Å²) in [7, 11) is -2.80. The molecule has 0 fully saturated rings. The molecular formula is C14H14O3. The Morgan fingerprint density at radius 3 is 2.71 bits per heavy atom. The molecule has 0 unspecified atom stereocenters. The van der Waals surface area contributed by atoms with Crippen LogP contribution < -0.4 is 0 Å². The number of methoxy groups -OCH3 is 1. The average Bonchev–Trinajstić information content (AvgIpc) is 2.35. The first-order chi connectivity index (χ1) is 9.24. The maximum Gasteiger partial charge on any atom is 0.340 e. The monoisotopic (exact) mass is 233 g/mol. The average molecular weight is 233 g/mol. The van der Waals surface area contributed by atoms with E-state index in [2.05, 4.69) is 0 Å². The SMILES string of the molecule is [2H]C([2H])([2H])O[C@@](C)(C(=O)O)c1cccc2ccccc12. The lowest BCUT2D eigenvalue weighted by Crippen LogP contribution is -2.34. The zero-order chi connectivity index (χ0) is 15.0. The van der Waals surface area contributed by atoms with Crippen LogP contribution in [0.2, 0.25) is 0 Å². The number of hydrogen-bond donors (Lipinski definition) is 1. The smallest absolute Gasteiger partial charge is 0.340 e. The van der Waals surface area contributed by atoms with Gasteiger partial charge in [-0.25, -0.2) is 4.79 Å². The van der Waals surface area contributed by atoms with Crippen LogP contribution in [0.25, 0.3) is 10.8 Å². The van der Waals surface area contributed by atoms with E-state index >= 15 is 0 Å². The van der Waals surface area contributed by atoms with E-state index < -0.39 is 18.6 Å². The van der Waals surface area contributed by atoms with Gasteiger partial charge in [0.05, 0.1) is 4.11 Å². The summed E-state index contributed by atoms with van der Waals surface area (Å²) < 4.78 is 26.4. The summed E-state index contributed by atoms with van der Waals surface area (Å²) >= 11 is 0. The molecule has 0 aromatic heterocycles. The molecule has 0 radical (unpaired) electrons. The van der Waals surface area contributed by atoms with E-state index in [1.54, 1.807) is 24.3 Å². The third-order valence-corrected chi connectivity index (χ3v) is 2.92. The minimum atomic E-state index is -2.80. The van der Waals surface area contributed by atoms with Crippen molar-refractivity contribution >= 4 is 16.7 Å². The van der Waals surface area contributed by atoms with Gasteiger partial charge in [0.2, 0.25) is 0 Å². The third kappa shape index (κ3) is 1.78. The predicted octanol–water partition coefficient (Wildman–Crippen LogP) is 2.79. The molecule has 17 heavy (non-hydrogen) atoms. The van der Waals surface area contributed by atoms with E-state index in [4.69, 9.17) is 8.85 Å². The lowest BCUT2D eigenvalue weighted by atomic mass is 9.91. The summed E-state index contributed by atoms with van der Waals surface area (Å²) in [5, 5.41) is 10.9. The van der Waals surface area contributed by atoms with Crippen LogP contribution in [0, 0.1) is 0 Å². The third-order valence-electron chi connectivity index (χ3n) is 2.92. The van der Waals surface area contributed by atoms with Crippen LogP contribution in [-0.2, 0) is 15.1 Å². The van der Waals surface area contributed by atoms with Crippen LogP contribution >= 0.6 is 0 Å². The Morgan fingerprint density at radius 1 is 1.29 bits per heavy atom. The largest absolute Gasteiger partial charge is 0.479 e. The predicted molar refractivity (Wildman–Crippen MR) is 65.9 cm³/mol. The van der Waals surface area contributed by atoms with Crippen LogP contribution in [0.4, 0.5) is 0 Å². The van der Waals surface area contributed by atoms with Crippen molar-refractivity contribution in [3.63, 3.8) is 0 Å². The molecule has 0 aliphatic carbocycles. The number of benzene rings is 2. The Hall–Kier alpha value is -1.87. The summed E-state index contributed by atoms with van der Waals surface area (Å²) in [5.41, 5.74) is -1.62. The summed E-state index contributed by atoms with van der Waals surface area (Å²) in [4.78, 5) is 11.6. The van der Waals surface area contributed by atoms with Gasteiger partial charge in [-0.05, 0) is 17.7 Å². The summed E-state index contributed by atoms with van der Waals surface area (Å²) in [6, 6.07) is 12.3. The zero-order valence-corrected chi connectivity index (χ0v) is 9.31. The molecular weight excluding hydrogens is 216 g/mol. The fraction of sp³-hybridized carbons (Fsp3) is 0.214. The van der Waals surface area contributed by atoms with Gasteiger partial charge in [0.15, 0.2) is 5.60 Å². The molecule has 2 rings (SSSR count). The molecule has 0 bridgehead atoms. The van der Waals surface area contributed by atoms with Crippen LogP contribution in [-0.4, -0.2) is 18.1 Å². The lowest BCUT2D eigenvalue weighted by molar-refractivity contribution is -0.161. The molecule has 88 valence electrons. The van der Waals surface area contributed by atoms with Gasteiger partial charge in [0.25, 0.3) is 0 Å². The molecule has 0 aliphatic rings. The zero-order valence-electron chi connectivity index (χ0n) is 12.3. The van der Waals surface area contributed by atoms with Gasteiger partial charge < -0.3 is 9.84 Å². The van der Waals surface area contributed by atoms with Gasteiger partial charge in [0.1, 0.15) is 0 Å². The van der Waals surface area contributed by atoms with Crippen LogP contribution in [0.1, 0.15) is 16.6 Å². The Labute approximate surface area is 104 Å². The number of hydrogen-bond acceptors (Lipinski definition) is 2. The van der Waals surface area contributed by atoms with Gasteiger partial charge >= 0.3 is 5.97 Å². The molecule has 2 aromatic carbocycles. The van der Waals surface area contributed by atoms with E-state index in [-0.39, 0.29) is 0 Å². The van der Waals surface area contributed by atoms with Crippen molar-refractivity contribution in [3.8, 4) is 0 Å². The number of aliphatic carboxylic acids is 1. The highest BCUT2D eigenvalue weighted by Gasteiger charge is 2.36. The highest BCUT2D eigenvalue weighted by Crippen LogP contribution is 2.31. The van der Waals surface area contributed by atoms with E-state index in [1.165, 1.54) is 6.92 Å². The fourth-order valence-corrected chi connectivity index (χ4v) is 1.86. The first-order valence-corrected chi connectivity index (χ1v) is 5.16. The standard InChI is InChI=1S/C14H14O3/c1-14(17-2,13(15)16)12-9-5-7-10-6-3-4-8-11(10)12/h3-9H,1-2H3,(H,15,16)/t14-/m1/s1/i2D3. The van der Waals surface area contributed by atoms with Crippen molar-refractivity contribution < 1.29 is 18.8 Å². The molecule has 0 heterocycles. The maximum atomic E-state index is 11.6. The fourth-order valence-electron chi connectivity index (χ4n) is 1.86. The second kappa shape index (κ2) is 4.18. The van der Waals surface area contributed by atoms with E-state index in [0.717, 1.165) is 5.39 Å². The molecule has 0 saturated heterocycles. The molecule has 0 saturated carbocycles. The maximum absolute atomic E-state index is 11.6. The normalized spacial score (nSPS) is 17.8. The minimum Gasteiger partial charge on any atom is -0.479 e. The van der Waals surface area contributed by atoms with Gasteiger partial charge in [-0.1, -0.05) is 42.5 Å². The quantitative estimate of drug-likeness (QED) is 0.886. The number of fused-ring (bicyclic) bond motifs is 1. The van der Waals surface area contributed by atoms with Crippen LogP contribution in [0.15, 0.2) is 42.5 Å². The molecule has 0 spiro atoms. The second-order valence-corrected chi connectivity index (χ2v) is 3.97. The summed E-state index contributed by atoms with van der Waals surface area (Å²) in [6.07, 6.45) is 0. The molecule has 1 atom stereocenters. The van der Waals surface area contributed by atoms with Crippen molar-refractivity contribution in [1.82, 2.24) is 0 Å². The number of carboxylic acids is 1. The van der Waals surface area contributed by atoms with Crippen molar-refractivity contribution in [2.45, 2.75) is 12.5 Å². The molecule has 0 aliphatic heterocycles. The van der Waals surface area contributed by atoms with Crippen molar-refractivity contribution in [1.29, 1.82) is 0 Å². The number of ether oxygens (including phenoxy) is 1. The Bertz CT molecular complexity index is 646. The van der Waals surface area contributed by atoms with Crippen molar-refractivity contribution in [2.75, 3.05) is 7.04 Å². The molecule has 1 N–H and O–H groups in total. The van der Waals surface area contributed by atoms with Crippen LogP contribution in [0.3, 0.4) is 0 Å². The van der Waals surface area contributed by atoms with E-state index in [9.17, 15) is 9.90 Å². The van der Waals surface area contributed by atoms with Crippen molar-refractivity contribution in [3.05, 3.63) is 48.0 Å². The summed E-state index contributed by atoms with van der Waals surface area (Å²) in [6.45, 7) is 1.25. The van der Waals surface area contributed by atoms with E-state index in [1.807, 2.05) is 18.2 Å². The Kier molecular flexibility index (Phi) is 2.03. The molecule has 3 nitrogen and oxygen atoms in total. The van der Waals surface area contributed by atoms with Crippen molar-refractivity contribution in [2.24, 2.45) is 0 Å². The Balaban J connectivity index is 2.67. The van der Waals surface area contributed by atoms with Gasteiger partial charge in [-0.2, -0.15) is 0 Å². The molecule has 0 amide bonds. The lowest BCUT2D eigenvalue weighted by Gasteiger charge is -2.25. The first kappa shape index (κ1) is 8.25. The number of rotatable bonds is 3. The number of carbonyl (C=O) groups is 1. The Morgan fingerprint density at radius 2 is 2.00 bits per heavy atom. The molecule has 2 aromatic rings. The van der Waals surface area contributed by atoms with Gasteiger partial charge in [0, 0.05) is 12.6 Å². The highest BCUT2D eigenvalue weighted by molar-refractivity contribution is 5.92.